The normalized spacial score (nSPS) is 16.9. The SMILES string of the molecule is CCOCCOCCOCCOc1ccc(-c2cnc3[nH]cc(C(=O)c4c(F)ccc(NS(=O)(=O)N5CC[C@@H](F)C5)c4F)c3c2)cc1.CCOCCOc1cccc2c1C(=O)N(C1CCC(=O)NC1=O)C2=O. The van der Waals surface area contributed by atoms with E-state index in [1.165, 1.54) is 12.3 Å². The number of nitrogens with one attached hydrogen (secondary N) is 3. The van der Waals surface area contributed by atoms with Crippen molar-refractivity contribution >= 4 is 56.3 Å². The predicted molar refractivity (Wildman–Crippen MR) is 254 cm³/mol. The molecule has 8 rings (SSSR count). The van der Waals surface area contributed by atoms with Gasteiger partial charge in [-0.15, -0.1) is 0 Å². The Morgan fingerprint density at radius 2 is 1.50 bits per heavy atom. The molecular formula is C49H53F3N6O13S. The Morgan fingerprint density at radius 3 is 2.18 bits per heavy atom. The Labute approximate surface area is 412 Å². The number of imide groups is 2. The van der Waals surface area contributed by atoms with Crippen molar-refractivity contribution in [1.29, 1.82) is 0 Å². The van der Waals surface area contributed by atoms with Gasteiger partial charge in [0.15, 0.2) is 5.82 Å². The Hall–Kier alpha value is -6.76. The van der Waals surface area contributed by atoms with E-state index in [0.717, 1.165) is 26.9 Å². The van der Waals surface area contributed by atoms with Gasteiger partial charge in [-0.05, 0) is 74.7 Å². The van der Waals surface area contributed by atoms with Crippen LogP contribution in [0.5, 0.6) is 11.5 Å². The average molecular weight is 1020 g/mol. The molecule has 5 aromatic rings. The molecule has 0 bridgehead atoms. The monoisotopic (exact) mass is 1020 g/mol. The van der Waals surface area contributed by atoms with Crippen molar-refractivity contribution in [2.45, 2.75) is 45.3 Å². The van der Waals surface area contributed by atoms with Gasteiger partial charge in [-0.25, -0.2) is 18.2 Å². The zero-order chi connectivity index (χ0) is 51.4. The number of carbonyl (C=O) groups excluding carboxylic acids is 5. The third kappa shape index (κ3) is 12.6. The van der Waals surface area contributed by atoms with Crippen molar-refractivity contribution in [3.63, 3.8) is 0 Å². The standard InChI is InChI=1S/C32H35F3N4O7S.C17H18N2O6/c1-2-43-11-12-44-13-14-45-15-16-46-24-5-3-21(4-6-24)22-17-25-26(19-37-32(25)36-18-22)31(40)29-27(34)7-8-28(30(29)35)38-47(41,42)39-10-9-23(33)20-39;1-2-24-8-9-25-12-5-3-4-10-14(12)17(23)19(16(10)22)11-6-7-13(20)18-15(11)21/h3-8,17-19,23,38H,2,9-16,20H2,1H3,(H,36,37);3-5,11H,2,6-9H2,1H3,(H,18,20,21)/t23-;/m1./s1. The molecule has 2 saturated heterocycles. The molecule has 23 heteroatoms. The van der Waals surface area contributed by atoms with Crippen LogP contribution in [0.1, 0.15) is 69.7 Å². The first kappa shape index (κ1) is 53.0. The molecule has 2 fully saturated rings. The lowest BCUT2D eigenvalue weighted by atomic mass is 10.00. The molecule has 0 aliphatic carbocycles. The number of fused-ring (bicyclic) bond motifs is 2. The number of hydrogen-bond donors (Lipinski definition) is 3. The van der Waals surface area contributed by atoms with Gasteiger partial charge in [-0.2, -0.15) is 12.7 Å². The second kappa shape index (κ2) is 24.6. The summed E-state index contributed by atoms with van der Waals surface area (Å²) in [6.45, 7) is 7.82. The van der Waals surface area contributed by atoms with E-state index in [1.807, 2.05) is 18.6 Å². The average Bonchev–Trinajstić information content (AvgIpc) is 4.08. The minimum atomic E-state index is -4.34. The van der Waals surface area contributed by atoms with Crippen LogP contribution in [0.25, 0.3) is 22.2 Å². The number of ether oxygens (including phenoxy) is 6. The molecule has 19 nitrogen and oxygen atoms in total. The van der Waals surface area contributed by atoms with Gasteiger partial charge in [0.2, 0.25) is 17.6 Å². The lowest BCUT2D eigenvalue weighted by Gasteiger charge is -2.27. The molecule has 384 valence electrons. The van der Waals surface area contributed by atoms with Gasteiger partial charge >= 0.3 is 10.2 Å². The van der Waals surface area contributed by atoms with Crippen molar-refractivity contribution in [2.75, 3.05) is 83.9 Å². The van der Waals surface area contributed by atoms with E-state index < -0.39 is 74.7 Å². The summed E-state index contributed by atoms with van der Waals surface area (Å²) in [6.07, 6.45) is 1.75. The maximum absolute atomic E-state index is 15.5. The van der Waals surface area contributed by atoms with E-state index in [1.54, 1.807) is 48.7 Å². The fraction of sp³-hybridized carbons (Fsp3) is 0.388. The number of H-pyrrole nitrogens is 1. The van der Waals surface area contributed by atoms with E-state index in [0.29, 0.717) is 81.8 Å². The third-order valence-corrected chi connectivity index (χ3v) is 13.0. The van der Waals surface area contributed by atoms with Crippen LogP contribution in [-0.4, -0.2) is 148 Å². The highest BCUT2D eigenvalue weighted by Crippen LogP contribution is 2.34. The molecule has 4 amide bonds. The molecule has 2 atom stereocenters. The Kier molecular flexibility index (Phi) is 18.1. The number of rotatable bonds is 23. The summed E-state index contributed by atoms with van der Waals surface area (Å²) in [7, 11) is -4.34. The number of aromatic nitrogens is 2. The van der Waals surface area contributed by atoms with E-state index in [-0.39, 0.29) is 61.4 Å². The van der Waals surface area contributed by atoms with E-state index in [4.69, 9.17) is 28.4 Å². The molecule has 3 aliphatic heterocycles. The van der Waals surface area contributed by atoms with Gasteiger partial charge in [0.1, 0.15) is 48.4 Å². The highest BCUT2D eigenvalue weighted by molar-refractivity contribution is 7.90. The summed E-state index contributed by atoms with van der Waals surface area (Å²) in [5, 5.41) is 2.47. The van der Waals surface area contributed by atoms with Crippen LogP contribution in [0, 0.1) is 11.6 Å². The molecule has 3 aromatic carbocycles. The van der Waals surface area contributed by atoms with Crippen molar-refractivity contribution in [3.8, 4) is 22.6 Å². The predicted octanol–water partition coefficient (Wildman–Crippen LogP) is 5.39. The van der Waals surface area contributed by atoms with Crippen LogP contribution in [0.2, 0.25) is 0 Å². The molecule has 5 heterocycles. The number of amides is 4. The van der Waals surface area contributed by atoms with Crippen LogP contribution < -0.4 is 19.5 Å². The molecule has 3 N–H and O–H groups in total. The zero-order valence-electron chi connectivity index (χ0n) is 39.4. The van der Waals surface area contributed by atoms with E-state index >= 15 is 4.39 Å². The quantitative estimate of drug-likeness (QED) is 0.0423. The fourth-order valence-corrected chi connectivity index (χ4v) is 9.21. The lowest BCUT2D eigenvalue weighted by Crippen LogP contribution is -2.54. The van der Waals surface area contributed by atoms with Crippen LogP contribution in [0.15, 0.2) is 73.1 Å². The smallest absolute Gasteiger partial charge is 0.301 e. The van der Waals surface area contributed by atoms with Crippen LogP contribution >= 0.6 is 0 Å². The topological polar surface area (TPSA) is 234 Å². The fourth-order valence-electron chi connectivity index (χ4n) is 7.94. The summed E-state index contributed by atoms with van der Waals surface area (Å²) in [5.74, 6) is -4.85. The first-order chi connectivity index (χ1) is 34.7. The highest BCUT2D eigenvalue weighted by atomic mass is 32.2. The van der Waals surface area contributed by atoms with E-state index in [2.05, 4.69) is 15.3 Å². The number of carbonyl (C=O) groups is 5. The first-order valence-electron chi connectivity index (χ1n) is 23.2. The molecule has 3 aliphatic rings. The highest BCUT2D eigenvalue weighted by Gasteiger charge is 2.46. The Balaban J connectivity index is 0.000000255. The minimum Gasteiger partial charge on any atom is -0.491 e. The molecule has 0 saturated carbocycles. The Morgan fingerprint density at radius 1 is 0.819 bits per heavy atom. The largest absolute Gasteiger partial charge is 0.491 e. The maximum Gasteiger partial charge on any atom is 0.301 e. The van der Waals surface area contributed by atoms with Crippen molar-refractivity contribution in [3.05, 3.63) is 107 Å². The number of alkyl halides is 1. The van der Waals surface area contributed by atoms with Gasteiger partial charge in [0, 0.05) is 61.6 Å². The third-order valence-electron chi connectivity index (χ3n) is 11.5. The van der Waals surface area contributed by atoms with Crippen LogP contribution in [-0.2, 0) is 38.7 Å². The van der Waals surface area contributed by atoms with Crippen LogP contribution in [0.4, 0.5) is 18.9 Å². The minimum absolute atomic E-state index is 0.00756. The molecule has 1 unspecified atom stereocenters. The zero-order valence-corrected chi connectivity index (χ0v) is 40.2. The molecule has 0 radical (unpaired) electrons. The number of halogens is 3. The van der Waals surface area contributed by atoms with Gasteiger partial charge in [0.05, 0.1) is 62.0 Å². The number of anilines is 1. The summed E-state index contributed by atoms with van der Waals surface area (Å²) < 4.78 is 105. The summed E-state index contributed by atoms with van der Waals surface area (Å²) in [6, 6.07) is 14.2. The molecular weight excluding hydrogens is 970 g/mol. The number of benzene rings is 3. The molecule has 72 heavy (non-hydrogen) atoms. The molecule has 2 aromatic heterocycles. The van der Waals surface area contributed by atoms with Crippen molar-refractivity contribution in [1.82, 2.24) is 24.5 Å². The van der Waals surface area contributed by atoms with Gasteiger partial charge in [0.25, 0.3) is 11.8 Å². The van der Waals surface area contributed by atoms with Crippen molar-refractivity contribution < 1.29 is 74.0 Å². The number of piperidine rings is 1. The maximum atomic E-state index is 15.5. The van der Waals surface area contributed by atoms with Gasteiger partial charge in [-0.1, -0.05) is 18.2 Å². The van der Waals surface area contributed by atoms with Gasteiger partial charge in [-0.3, -0.25) is 38.9 Å². The van der Waals surface area contributed by atoms with Crippen LogP contribution in [0.3, 0.4) is 0 Å². The van der Waals surface area contributed by atoms with Gasteiger partial charge < -0.3 is 33.4 Å². The number of hydrogen-bond acceptors (Lipinski definition) is 14. The van der Waals surface area contributed by atoms with E-state index in [9.17, 15) is 41.2 Å². The number of aromatic amines is 1. The lowest BCUT2D eigenvalue weighted by molar-refractivity contribution is -0.136. The summed E-state index contributed by atoms with van der Waals surface area (Å²) >= 11 is 0. The van der Waals surface area contributed by atoms with Crippen molar-refractivity contribution in [2.24, 2.45) is 0 Å². The number of pyridine rings is 1. The summed E-state index contributed by atoms with van der Waals surface area (Å²) in [5.41, 5.74) is 0.392. The molecule has 0 spiro atoms. The second-order valence-electron chi connectivity index (χ2n) is 16.3. The second-order valence-corrected chi connectivity index (χ2v) is 17.9. The number of nitrogens with zero attached hydrogens (tertiary/aromatic N) is 3. The summed E-state index contributed by atoms with van der Waals surface area (Å²) in [4.78, 5) is 70.3. The first-order valence-corrected chi connectivity index (χ1v) is 24.6. The number of ketones is 1. The Bertz CT molecular complexity index is 2890.